The van der Waals surface area contributed by atoms with Crippen LogP contribution in [0.25, 0.3) is 85.9 Å². The summed E-state index contributed by atoms with van der Waals surface area (Å²) in [6.45, 7) is 0. The van der Waals surface area contributed by atoms with Gasteiger partial charge in [0, 0.05) is 37.2 Å². The standard InChI is InChI=1S/C54H35NS/c1-3-13-45-37(10-1)12-9-18-46(45)38-22-29-43(30-23-38)55(42-27-20-36(21-28-42)40-26-33-51-50-17-7-8-19-53(50)56-54(51)35-40)44-31-24-39(25-32-44)52-34-41-11-2-4-14-47(41)48-15-5-6-16-49(48)52/h1-35H. The maximum atomic E-state index is 2.37. The Labute approximate surface area is 330 Å². The zero-order valence-electron chi connectivity index (χ0n) is 30.6. The van der Waals surface area contributed by atoms with Gasteiger partial charge in [-0.1, -0.05) is 158 Å². The van der Waals surface area contributed by atoms with Crippen LogP contribution in [0.1, 0.15) is 0 Å². The fraction of sp³-hybridized carbons (Fsp3) is 0. The molecule has 0 N–H and O–H groups in total. The molecule has 262 valence electrons. The Bertz CT molecular complexity index is 3220. The largest absolute Gasteiger partial charge is 0.311 e. The first-order valence-corrected chi connectivity index (χ1v) is 20.0. The summed E-state index contributed by atoms with van der Waals surface area (Å²) in [4.78, 5) is 2.37. The molecule has 0 fully saturated rings. The smallest absolute Gasteiger partial charge is 0.0462 e. The highest BCUT2D eigenvalue weighted by Gasteiger charge is 2.16. The second kappa shape index (κ2) is 13.4. The van der Waals surface area contributed by atoms with Gasteiger partial charge in [-0.2, -0.15) is 0 Å². The maximum absolute atomic E-state index is 2.37. The fourth-order valence-corrected chi connectivity index (χ4v) is 9.65. The third kappa shape index (κ3) is 5.54. The van der Waals surface area contributed by atoms with Gasteiger partial charge < -0.3 is 4.90 Å². The van der Waals surface area contributed by atoms with Crippen molar-refractivity contribution >= 4 is 80.9 Å². The number of fused-ring (bicyclic) bond motifs is 7. The summed E-state index contributed by atoms with van der Waals surface area (Å²) in [6.07, 6.45) is 0. The minimum Gasteiger partial charge on any atom is -0.311 e. The van der Waals surface area contributed by atoms with Crippen LogP contribution in [-0.2, 0) is 0 Å². The summed E-state index contributed by atoms with van der Waals surface area (Å²) in [5, 5.41) is 10.3. The molecule has 0 radical (unpaired) electrons. The highest BCUT2D eigenvalue weighted by Crippen LogP contribution is 2.41. The minimum atomic E-state index is 1.11. The van der Waals surface area contributed by atoms with Gasteiger partial charge in [-0.15, -0.1) is 11.3 Å². The molecule has 1 aromatic heterocycles. The number of hydrogen-bond acceptors (Lipinski definition) is 2. The summed E-state index contributed by atoms with van der Waals surface area (Å²) in [5.74, 6) is 0. The summed E-state index contributed by atoms with van der Waals surface area (Å²) in [6, 6.07) is 77.7. The number of thiophene rings is 1. The van der Waals surface area contributed by atoms with Gasteiger partial charge in [0.15, 0.2) is 0 Å². The van der Waals surface area contributed by atoms with E-state index in [9.17, 15) is 0 Å². The molecule has 0 aliphatic rings. The molecule has 1 heterocycles. The molecule has 0 spiro atoms. The minimum absolute atomic E-state index is 1.11. The van der Waals surface area contributed by atoms with Crippen LogP contribution in [-0.4, -0.2) is 0 Å². The van der Waals surface area contributed by atoms with Gasteiger partial charge >= 0.3 is 0 Å². The van der Waals surface area contributed by atoms with Crippen molar-refractivity contribution in [2.75, 3.05) is 4.90 Å². The summed E-state index contributed by atoms with van der Waals surface area (Å²) in [5.41, 5.74) is 10.7. The topological polar surface area (TPSA) is 3.24 Å². The van der Waals surface area contributed by atoms with Crippen molar-refractivity contribution in [1.82, 2.24) is 0 Å². The van der Waals surface area contributed by atoms with Crippen LogP contribution in [0, 0.1) is 0 Å². The predicted molar refractivity (Wildman–Crippen MR) is 243 cm³/mol. The van der Waals surface area contributed by atoms with Crippen LogP contribution >= 0.6 is 11.3 Å². The van der Waals surface area contributed by atoms with Crippen molar-refractivity contribution < 1.29 is 0 Å². The van der Waals surface area contributed by atoms with E-state index in [0.717, 1.165) is 17.1 Å². The number of benzene rings is 10. The average molecular weight is 730 g/mol. The van der Waals surface area contributed by atoms with E-state index < -0.39 is 0 Å². The molecular formula is C54H35NS. The molecule has 0 unspecified atom stereocenters. The van der Waals surface area contributed by atoms with Crippen molar-refractivity contribution in [3.05, 3.63) is 212 Å². The van der Waals surface area contributed by atoms with E-state index >= 15 is 0 Å². The molecule has 11 rings (SSSR count). The van der Waals surface area contributed by atoms with E-state index in [1.54, 1.807) is 0 Å². The van der Waals surface area contributed by atoms with Crippen LogP contribution in [0.4, 0.5) is 17.1 Å². The molecule has 10 aromatic carbocycles. The average Bonchev–Trinajstić information content (AvgIpc) is 3.65. The van der Waals surface area contributed by atoms with Gasteiger partial charge in [0.25, 0.3) is 0 Å². The molecular weight excluding hydrogens is 695 g/mol. The molecule has 0 bridgehead atoms. The van der Waals surface area contributed by atoms with E-state index in [0.29, 0.717) is 0 Å². The van der Waals surface area contributed by atoms with Crippen LogP contribution in [0.2, 0.25) is 0 Å². The van der Waals surface area contributed by atoms with Gasteiger partial charge in [0.1, 0.15) is 0 Å². The van der Waals surface area contributed by atoms with Gasteiger partial charge in [0.2, 0.25) is 0 Å². The first kappa shape index (κ1) is 32.4. The molecule has 0 aliphatic carbocycles. The Kier molecular flexibility index (Phi) is 7.75. The Morgan fingerprint density at radius 2 is 0.768 bits per heavy atom. The molecule has 11 aromatic rings. The SMILES string of the molecule is c1ccc2c(-c3ccc(N(c4ccc(-c5ccc6c(c5)sc5ccccc56)cc4)c4ccc(-c5cc6ccccc6c6ccccc56)cc4)cc3)cccc2c1. The highest BCUT2D eigenvalue weighted by molar-refractivity contribution is 7.25. The van der Waals surface area contributed by atoms with Gasteiger partial charge in [-0.05, 0) is 120 Å². The van der Waals surface area contributed by atoms with E-state index in [-0.39, 0.29) is 0 Å². The maximum Gasteiger partial charge on any atom is 0.0462 e. The molecule has 56 heavy (non-hydrogen) atoms. The number of rotatable bonds is 6. The van der Waals surface area contributed by atoms with E-state index in [1.807, 2.05) is 11.3 Å². The van der Waals surface area contributed by atoms with Gasteiger partial charge in [0.05, 0.1) is 0 Å². The summed E-state index contributed by atoms with van der Waals surface area (Å²) in [7, 11) is 0. The Balaban J connectivity index is 0.998. The number of anilines is 3. The van der Waals surface area contributed by atoms with Gasteiger partial charge in [-0.3, -0.25) is 0 Å². The van der Waals surface area contributed by atoms with Crippen molar-refractivity contribution in [2.24, 2.45) is 0 Å². The summed E-state index contributed by atoms with van der Waals surface area (Å²) < 4.78 is 2.65. The number of nitrogens with zero attached hydrogens (tertiary/aromatic N) is 1. The lowest BCUT2D eigenvalue weighted by molar-refractivity contribution is 1.28. The lowest BCUT2D eigenvalue weighted by atomic mass is 9.93. The molecule has 2 heteroatoms. The zero-order chi connectivity index (χ0) is 37.0. The predicted octanol–water partition coefficient (Wildman–Crippen LogP) is 16.0. The summed E-state index contributed by atoms with van der Waals surface area (Å²) >= 11 is 1.87. The molecule has 0 atom stereocenters. The number of hydrogen-bond donors (Lipinski definition) is 0. The van der Waals surface area contributed by atoms with Crippen LogP contribution in [0.5, 0.6) is 0 Å². The van der Waals surface area contributed by atoms with Crippen LogP contribution in [0.15, 0.2) is 212 Å². The zero-order valence-corrected chi connectivity index (χ0v) is 31.4. The second-order valence-electron chi connectivity index (χ2n) is 14.5. The lowest BCUT2D eigenvalue weighted by Crippen LogP contribution is -2.09. The lowest BCUT2D eigenvalue weighted by Gasteiger charge is -2.26. The quantitative estimate of drug-likeness (QED) is 0.154. The van der Waals surface area contributed by atoms with Crippen molar-refractivity contribution in [1.29, 1.82) is 0 Å². The molecule has 1 nitrogen and oxygen atoms in total. The van der Waals surface area contributed by atoms with Crippen LogP contribution in [0.3, 0.4) is 0 Å². The third-order valence-electron chi connectivity index (χ3n) is 11.3. The molecule has 0 amide bonds. The first-order valence-electron chi connectivity index (χ1n) is 19.2. The Hall–Kier alpha value is -7.00. The van der Waals surface area contributed by atoms with Crippen LogP contribution < -0.4 is 4.90 Å². The van der Waals surface area contributed by atoms with E-state index in [2.05, 4.69) is 217 Å². The molecule has 0 aliphatic heterocycles. The van der Waals surface area contributed by atoms with Crippen molar-refractivity contribution in [2.45, 2.75) is 0 Å². The molecule has 0 saturated carbocycles. The van der Waals surface area contributed by atoms with Crippen molar-refractivity contribution in [3.63, 3.8) is 0 Å². The van der Waals surface area contributed by atoms with Crippen molar-refractivity contribution in [3.8, 4) is 33.4 Å². The monoisotopic (exact) mass is 729 g/mol. The molecule has 0 saturated heterocycles. The van der Waals surface area contributed by atoms with E-state index in [1.165, 1.54) is 85.9 Å². The Morgan fingerprint density at radius 1 is 0.268 bits per heavy atom. The second-order valence-corrected chi connectivity index (χ2v) is 15.6. The highest BCUT2D eigenvalue weighted by atomic mass is 32.1. The normalized spacial score (nSPS) is 11.6. The Morgan fingerprint density at radius 3 is 1.48 bits per heavy atom. The van der Waals surface area contributed by atoms with Gasteiger partial charge in [-0.25, -0.2) is 0 Å². The van der Waals surface area contributed by atoms with E-state index in [4.69, 9.17) is 0 Å². The fourth-order valence-electron chi connectivity index (χ4n) is 8.51. The first-order chi connectivity index (χ1) is 27.7. The third-order valence-corrected chi connectivity index (χ3v) is 12.4.